The molecule has 0 radical (unpaired) electrons. The zero-order valence-corrected chi connectivity index (χ0v) is 18.6. The van der Waals surface area contributed by atoms with Crippen LogP contribution < -0.4 is 5.32 Å². The minimum Gasteiger partial charge on any atom is -0.306 e. The molecule has 0 saturated carbocycles. The van der Waals surface area contributed by atoms with E-state index in [1.54, 1.807) is 30.8 Å². The second-order valence-corrected chi connectivity index (χ2v) is 8.07. The van der Waals surface area contributed by atoms with Crippen molar-refractivity contribution in [2.24, 2.45) is 0 Å². The Bertz CT molecular complexity index is 1320. The number of halogens is 4. The molecule has 3 aromatic heterocycles. The number of alkyl halides is 2. The number of amides is 1. The highest BCUT2D eigenvalue weighted by Crippen LogP contribution is 2.30. The van der Waals surface area contributed by atoms with Crippen LogP contribution >= 0.6 is 23.2 Å². The summed E-state index contributed by atoms with van der Waals surface area (Å²) < 4.78 is 29.8. The molecule has 32 heavy (non-hydrogen) atoms. The minimum absolute atomic E-state index is 0.155. The number of nitrogens with zero attached hydrogens (tertiary/aromatic N) is 5. The molecule has 0 atom stereocenters. The van der Waals surface area contributed by atoms with Crippen molar-refractivity contribution in [1.82, 2.24) is 24.5 Å². The molecule has 1 amide bonds. The van der Waals surface area contributed by atoms with E-state index in [0.717, 1.165) is 5.56 Å². The van der Waals surface area contributed by atoms with Gasteiger partial charge in [-0.1, -0.05) is 41.4 Å². The first-order valence-corrected chi connectivity index (χ1v) is 10.4. The SMILES string of the molecule is Cc1cc(C(F)F)c2c(C)nn(CC(=O)Nc3nn(Cc4ccccc4Cl)cc3Cl)c2n1. The van der Waals surface area contributed by atoms with Crippen LogP contribution in [-0.2, 0) is 17.9 Å². The third-order valence-corrected chi connectivity index (χ3v) is 5.47. The van der Waals surface area contributed by atoms with E-state index in [-0.39, 0.29) is 34.0 Å². The van der Waals surface area contributed by atoms with Crippen molar-refractivity contribution in [3.63, 3.8) is 0 Å². The number of nitrogens with one attached hydrogen (secondary N) is 1. The number of benzene rings is 1. The van der Waals surface area contributed by atoms with Crippen molar-refractivity contribution in [3.8, 4) is 0 Å². The van der Waals surface area contributed by atoms with Gasteiger partial charge in [0.1, 0.15) is 11.6 Å². The van der Waals surface area contributed by atoms with Gasteiger partial charge in [0.05, 0.1) is 17.6 Å². The fourth-order valence-electron chi connectivity index (χ4n) is 3.47. The standard InChI is InChI=1S/C21H18Cl2F2N6O/c1-11-7-14(19(24)25)18-12(2)28-31(21(18)26-11)10-17(32)27-20-16(23)9-30(29-20)8-13-5-3-4-6-15(13)22/h3-7,9,19H,8,10H2,1-2H3,(H,27,29,32). The largest absolute Gasteiger partial charge is 0.306 e. The summed E-state index contributed by atoms with van der Waals surface area (Å²) in [7, 11) is 0. The average molecular weight is 479 g/mol. The van der Waals surface area contributed by atoms with Crippen LogP contribution in [0.1, 0.15) is 28.9 Å². The molecule has 0 saturated heterocycles. The van der Waals surface area contributed by atoms with E-state index in [9.17, 15) is 13.6 Å². The maximum absolute atomic E-state index is 13.5. The number of anilines is 1. The van der Waals surface area contributed by atoms with Crippen LogP contribution in [0.4, 0.5) is 14.6 Å². The molecule has 0 aliphatic rings. The van der Waals surface area contributed by atoms with Gasteiger partial charge in [-0.3, -0.25) is 9.48 Å². The van der Waals surface area contributed by atoms with Gasteiger partial charge in [0, 0.05) is 22.5 Å². The summed E-state index contributed by atoms with van der Waals surface area (Å²) in [6.45, 7) is 3.35. The average Bonchev–Trinajstić information content (AvgIpc) is 3.22. The topological polar surface area (TPSA) is 77.6 Å². The van der Waals surface area contributed by atoms with E-state index < -0.39 is 12.3 Å². The molecule has 0 bridgehead atoms. The molecule has 0 aliphatic carbocycles. The molecule has 3 heterocycles. The monoisotopic (exact) mass is 478 g/mol. The number of aryl methyl sites for hydroxylation is 2. The van der Waals surface area contributed by atoms with Gasteiger partial charge >= 0.3 is 0 Å². The van der Waals surface area contributed by atoms with Gasteiger partial charge in [-0.25, -0.2) is 18.4 Å². The van der Waals surface area contributed by atoms with Crippen molar-refractivity contribution in [2.75, 3.05) is 5.32 Å². The lowest BCUT2D eigenvalue weighted by molar-refractivity contribution is -0.116. The molecule has 7 nitrogen and oxygen atoms in total. The van der Waals surface area contributed by atoms with E-state index in [0.29, 0.717) is 23.0 Å². The Hall–Kier alpha value is -3.04. The first-order chi connectivity index (χ1) is 15.2. The first-order valence-electron chi connectivity index (χ1n) is 9.62. The lowest BCUT2D eigenvalue weighted by atomic mass is 10.1. The fraction of sp³-hybridized carbons (Fsp3) is 0.238. The number of hydrogen-bond acceptors (Lipinski definition) is 4. The molecule has 4 aromatic rings. The van der Waals surface area contributed by atoms with Crippen molar-refractivity contribution >= 4 is 46.0 Å². The van der Waals surface area contributed by atoms with Gasteiger partial charge in [0.15, 0.2) is 11.5 Å². The van der Waals surface area contributed by atoms with Gasteiger partial charge in [0.25, 0.3) is 6.43 Å². The Morgan fingerprint density at radius 3 is 2.62 bits per heavy atom. The number of rotatable bonds is 6. The number of carbonyl (C=O) groups is 1. The molecular weight excluding hydrogens is 461 g/mol. The Kier molecular flexibility index (Phi) is 6.12. The van der Waals surface area contributed by atoms with Crippen LogP contribution in [-0.4, -0.2) is 30.5 Å². The van der Waals surface area contributed by atoms with E-state index in [4.69, 9.17) is 23.2 Å². The molecule has 1 N–H and O–H groups in total. The Balaban J connectivity index is 1.54. The zero-order valence-electron chi connectivity index (χ0n) is 17.1. The Labute approximate surface area is 192 Å². The van der Waals surface area contributed by atoms with Gasteiger partial charge in [-0.2, -0.15) is 10.2 Å². The summed E-state index contributed by atoms with van der Waals surface area (Å²) in [5.41, 5.74) is 1.70. The van der Waals surface area contributed by atoms with Gasteiger partial charge in [-0.15, -0.1) is 0 Å². The molecule has 0 unspecified atom stereocenters. The molecule has 166 valence electrons. The minimum atomic E-state index is -2.68. The summed E-state index contributed by atoms with van der Waals surface area (Å²) in [5.74, 6) is -0.296. The van der Waals surface area contributed by atoms with Crippen molar-refractivity contribution in [3.05, 3.63) is 69.1 Å². The molecular formula is C21H18Cl2F2N6O. The van der Waals surface area contributed by atoms with E-state index in [2.05, 4.69) is 20.5 Å². The van der Waals surface area contributed by atoms with Crippen molar-refractivity contribution in [2.45, 2.75) is 33.4 Å². The highest BCUT2D eigenvalue weighted by atomic mass is 35.5. The summed E-state index contributed by atoms with van der Waals surface area (Å²) in [6, 6.07) is 8.66. The summed E-state index contributed by atoms with van der Waals surface area (Å²) in [4.78, 5) is 16.9. The third-order valence-electron chi connectivity index (χ3n) is 4.83. The second kappa shape index (κ2) is 8.84. The number of fused-ring (bicyclic) bond motifs is 1. The number of carbonyl (C=O) groups excluding carboxylic acids is 1. The Morgan fingerprint density at radius 2 is 1.91 bits per heavy atom. The highest BCUT2D eigenvalue weighted by molar-refractivity contribution is 6.33. The third kappa shape index (κ3) is 4.44. The number of pyridine rings is 1. The maximum Gasteiger partial charge on any atom is 0.264 e. The molecule has 0 aliphatic heterocycles. The molecule has 0 spiro atoms. The van der Waals surface area contributed by atoms with Crippen molar-refractivity contribution in [1.29, 1.82) is 0 Å². The molecule has 11 heteroatoms. The Morgan fingerprint density at radius 1 is 1.16 bits per heavy atom. The smallest absolute Gasteiger partial charge is 0.264 e. The normalized spacial score (nSPS) is 11.5. The van der Waals surface area contributed by atoms with E-state index in [1.165, 1.54) is 10.7 Å². The van der Waals surface area contributed by atoms with Crippen molar-refractivity contribution < 1.29 is 13.6 Å². The maximum atomic E-state index is 13.5. The van der Waals surface area contributed by atoms with Gasteiger partial charge in [-0.05, 0) is 31.5 Å². The second-order valence-electron chi connectivity index (χ2n) is 7.26. The van der Waals surface area contributed by atoms with Crippen LogP contribution in [0.25, 0.3) is 11.0 Å². The number of aromatic nitrogens is 5. The molecule has 0 fully saturated rings. The predicted octanol–water partition coefficient (Wildman–Crippen LogP) is 5.18. The van der Waals surface area contributed by atoms with Crippen LogP contribution in [0.15, 0.2) is 36.5 Å². The van der Waals surface area contributed by atoms with Crippen LogP contribution in [0.5, 0.6) is 0 Å². The molecule has 1 aromatic carbocycles. The molecule has 4 rings (SSSR count). The summed E-state index contributed by atoms with van der Waals surface area (Å²) in [5, 5.41) is 12.3. The van der Waals surface area contributed by atoms with E-state index in [1.807, 2.05) is 18.2 Å². The van der Waals surface area contributed by atoms with Gasteiger partial charge in [0.2, 0.25) is 5.91 Å². The highest BCUT2D eigenvalue weighted by Gasteiger charge is 2.21. The van der Waals surface area contributed by atoms with Crippen LogP contribution in [0, 0.1) is 13.8 Å². The summed E-state index contributed by atoms with van der Waals surface area (Å²) in [6.07, 6.45) is -1.10. The van der Waals surface area contributed by atoms with E-state index >= 15 is 0 Å². The zero-order chi connectivity index (χ0) is 23.0. The van der Waals surface area contributed by atoms with Gasteiger partial charge < -0.3 is 5.32 Å². The summed E-state index contributed by atoms with van der Waals surface area (Å²) >= 11 is 12.4. The predicted molar refractivity (Wildman–Crippen MR) is 118 cm³/mol. The van der Waals surface area contributed by atoms with Crippen LogP contribution in [0.2, 0.25) is 10.0 Å². The number of hydrogen-bond donors (Lipinski definition) is 1. The fourth-order valence-corrected chi connectivity index (χ4v) is 3.86. The lowest BCUT2D eigenvalue weighted by Crippen LogP contribution is -2.20. The lowest BCUT2D eigenvalue weighted by Gasteiger charge is -2.07. The van der Waals surface area contributed by atoms with Crippen LogP contribution in [0.3, 0.4) is 0 Å². The first kappa shape index (κ1) is 22.2. The quantitative estimate of drug-likeness (QED) is 0.414.